The molecular weight excluding hydrogens is 142 g/mol. The van der Waals surface area contributed by atoms with Crippen LogP contribution < -0.4 is 0 Å². The van der Waals surface area contributed by atoms with E-state index in [2.05, 4.69) is 4.98 Å². The Morgan fingerprint density at radius 1 is 1.55 bits per heavy atom. The summed E-state index contributed by atoms with van der Waals surface area (Å²) in [5.41, 5.74) is 1.83. The van der Waals surface area contributed by atoms with Gasteiger partial charge in [0, 0.05) is 18.0 Å². The molecule has 2 unspecified atom stereocenters. The molecule has 1 N–H and O–H groups in total. The largest absolute Gasteiger partial charge is 0.364 e. The maximum atomic E-state index is 9.29. The lowest BCUT2D eigenvalue weighted by atomic mass is 10.1. The molecule has 2 atom stereocenters. The third-order valence-corrected chi connectivity index (χ3v) is 1.92. The van der Waals surface area contributed by atoms with Gasteiger partial charge in [-0.15, -0.1) is 0 Å². The molecule has 0 amide bonds. The van der Waals surface area contributed by atoms with Gasteiger partial charge in [0.15, 0.2) is 6.29 Å². The van der Waals surface area contributed by atoms with E-state index in [9.17, 15) is 5.11 Å². The first-order valence-electron chi connectivity index (χ1n) is 3.56. The van der Waals surface area contributed by atoms with Crippen molar-refractivity contribution in [2.45, 2.75) is 19.3 Å². The summed E-state index contributed by atoms with van der Waals surface area (Å²) in [4.78, 5) is 3.90. The Bertz CT molecular complexity index is 248. The van der Waals surface area contributed by atoms with E-state index in [4.69, 9.17) is 4.74 Å². The Morgan fingerprint density at radius 2 is 2.36 bits per heavy atom. The normalized spacial score (nSPS) is 28.5. The summed E-state index contributed by atoms with van der Waals surface area (Å²) < 4.78 is 5.15. The number of aliphatic hydroxyl groups is 1. The van der Waals surface area contributed by atoms with E-state index in [1.54, 1.807) is 12.4 Å². The van der Waals surface area contributed by atoms with Crippen LogP contribution in [0.1, 0.15) is 30.4 Å². The molecule has 3 heteroatoms. The quantitative estimate of drug-likeness (QED) is 0.605. The number of ether oxygens (including phenoxy) is 1. The molecule has 11 heavy (non-hydrogen) atoms. The molecule has 0 aliphatic carbocycles. The van der Waals surface area contributed by atoms with E-state index in [-0.39, 0.29) is 6.10 Å². The summed E-state index contributed by atoms with van der Waals surface area (Å²) in [6.45, 7) is 1.91. The van der Waals surface area contributed by atoms with Crippen molar-refractivity contribution in [2.24, 2.45) is 0 Å². The lowest BCUT2D eigenvalue weighted by Crippen LogP contribution is -1.93. The molecule has 58 valence electrons. The number of aliphatic hydroxyl groups excluding tert-OH is 1. The van der Waals surface area contributed by atoms with Crippen LogP contribution in [0, 0.1) is 0 Å². The highest BCUT2D eigenvalue weighted by Gasteiger charge is 2.26. The van der Waals surface area contributed by atoms with Crippen molar-refractivity contribution in [2.75, 3.05) is 0 Å². The highest BCUT2D eigenvalue weighted by atomic mass is 16.6. The molecule has 3 nitrogen and oxygen atoms in total. The van der Waals surface area contributed by atoms with Crippen LogP contribution in [0.5, 0.6) is 0 Å². The van der Waals surface area contributed by atoms with Crippen LogP contribution in [0.15, 0.2) is 18.5 Å². The van der Waals surface area contributed by atoms with Crippen molar-refractivity contribution < 1.29 is 9.84 Å². The van der Waals surface area contributed by atoms with Crippen LogP contribution in [-0.4, -0.2) is 10.1 Å². The summed E-state index contributed by atoms with van der Waals surface area (Å²) in [5.74, 6) is 0. The molecule has 0 radical (unpaired) electrons. The minimum absolute atomic E-state index is 0.0111. The smallest absolute Gasteiger partial charge is 0.183 e. The van der Waals surface area contributed by atoms with Gasteiger partial charge in [0.25, 0.3) is 0 Å². The van der Waals surface area contributed by atoms with Crippen LogP contribution in [-0.2, 0) is 4.74 Å². The molecule has 0 spiro atoms. The summed E-state index contributed by atoms with van der Waals surface area (Å²) in [6, 6.07) is 1.87. The second-order valence-electron chi connectivity index (χ2n) is 2.64. The van der Waals surface area contributed by atoms with Gasteiger partial charge in [0.2, 0.25) is 0 Å². The minimum Gasteiger partial charge on any atom is -0.364 e. The lowest BCUT2D eigenvalue weighted by molar-refractivity contribution is -0.115. The van der Waals surface area contributed by atoms with Gasteiger partial charge < -0.3 is 9.84 Å². The molecule has 0 saturated carbocycles. The van der Waals surface area contributed by atoms with Crippen molar-refractivity contribution in [3.8, 4) is 0 Å². The van der Waals surface area contributed by atoms with Gasteiger partial charge in [-0.05, 0) is 18.6 Å². The Balaban J connectivity index is 2.52. The molecule has 0 aromatic carbocycles. The topological polar surface area (TPSA) is 42.4 Å². The van der Waals surface area contributed by atoms with Crippen LogP contribution in [0.2, 0.25) is 0 Å². The zero-order valence-corrected chi connectivity index (χ0v) is 6.19. The number of fused-ring (bicyclic) bond motifs is 1. The van der Waals surface area contributed by atoms with Crippen molar-refractivity contribution >= 4 is 0 Å². The fourth-order valence-corrected chi connectivity index (χ4v) is 1.33. The van der Waals surface area contributed by atoms with E-state index < -0.39 is 6.29 Å². The molecule has 1 aromatic rings. The van der Waals surface area contributed by atoms with Gasteiger partial charge in [0.05, 0.1) is 6.10 Å². The SMILES string of the molecule is CC1OC(O)c2cnccc21. The molecule has 0 saturated heterocycles. The Morgan fingerprint density at radius 3 is 3.09 bits per heavy atom. The Hall–Kier alpha value is -0.930. The van der Waals surface area contributed by atoms with E-state index in [0.29, 0.717) is 0 Å². The predicted octanol–water partition coefficient (Wildman–Crippen LogP) is 1.16. The highest BCUT2D eigenvalue weighted by Crippen LogP contribution is 2.35. The van der Waals surface area contributed by atoms with Crippen LogP contribution >= 0.6 is 0 Å². The molecule has 1 aliphatic heterocycles. The molecule has 0 fully saturated rings. The second-order valence-corrected chi connectivity index (χ2v) is 2.64. The number of pyridine rings is 1. The monoisotopic (exact) mass is 151 g/mol. The van der Waals surface area contributed by atoms with Crippen LogP contribution in [0.3, 0.4) is 0 Å². The Labute approximate surface area is 64.6 Å². The van der Waals surface area contributed by atoms with Crippen molar-refractivity contribution in [1.82, 2.24) is 4.98 Å². The first-order valence-corrected chi connectivity index (χ1v) is 3.56. The highest BCUT2D eigenvalue weighted by molar-refractivity contribution is 5.29. The van der Waals surface area contributed by atoms with Gasteiger partial charge in [-0.2, -0.15) is 0 Å². The summed E-state index contributed by atoms with van der Waals surface area (Å²) >= 11 is 0. The van der Waals surface area contributed by atoms with Gasteiger partial charge in [-0.25, -0.2) is 0 Å². The van der Waals surface area contributed by atoms with Crippen molar-refractivity contribution in [3.63, 3.8) is 0 Å². The fourth-order valence-electron chi connectivity index (χ4n) is 1.33. The van der Waals surface area contributed by atoms with Crippen molar-refractivity contribution in [3.05, 3.63) is 29.6 Å². The number of aromatic nitrogens is 1. The number of hydrogen-bond donors (Lipinski definition) is 1. The zero-order valence-electron chi connectivity index (χ0n) is 6.19. The second kappa shape index (κ2) is 2.29. The molecule has 1 aromatic heterocycles. The molecule has 1 aliphatic rings. The lowest BCUT2D eigenvalue weighted by Gasteiger charge is -2.02. The minimum atomic E-state index is -0.784. The van der Waals surface area contributed by atoms with Gasteiger partial charge in [-0.1, -0.05) is 0 Å². The van der Waals surface area contributed by atoms with E-state index in [0.717, 1.165) is 11.1 Å². The van der Waals surface area contributed by atoms with Crippen molar-refractivity contribution in [1.29, 1.82) is 0 Å². The van der Waals surface area contributed by atoms with Gasteiger partial charge >= 0.3 is 0 Å². The average Bonchev–Trinajstić information content (AvgIpc) is 2.30. The van der Waals surface area contributed by atoms with E-state index in [1.165, 1.54) is 0 Å². The van der Waals surface area contributed by atoms with Crippen LogP contribution in [0.25, 0.3) is 0 Å². The number of rotatable bonds is 0. The Kier molecular flexibility index (Phi) is 1.41. The molecule has 2 heterocycles. The molecule has 2 rings (SSSR count). The molecule has 0 bridgehead atoms. The fraction of sp³-hybridized carbons (Fsp3) is 0.375. The zero-order chi connectivity index (χ0) is 7.84. The van der Waals surface area contributed by atoms with E-state index >= 15 is 0 Å². The third-order valence-electron chi connectivity index (χ3n) is 1.92. The maximum Gasteiger partial charge on any atom is 0.183 e. The maximum absolute atomic E-state index is 9.29. The average molecular weight is 151 g/mol. The standard InChI is InChI=1S/C8H9NO2/c1-5-6-2-3-9-4-7(6)8(10)11-5/h2-5,8,10H,1H3. The van der Waals surface area contributed by atoms with Crippen LogP contribution in [0.4, 0.5) is 0 Å². The third kappa shape index (κ3) is 0.931. The summed E-state index contributed by atoms with van der Waals surface area (Å²) in [5, 5.41) is 9.29. The number of nitrogens with zero attached hydrogens (tertiary/aromatic N) is 1. The molecular formula is C8H9NO2. The van der Waals surface area contributed by atoms with Gasteiger partial charge in [0.1, 0.15) is 0 Å². The first-order chi connectivity index (χ1) is 5.29. The van der Waals surface area contributed by atoms with Gasteiger partial charge in [-0.3, -0.25) is 4.98 Å². The summed E-state index contributed by atoms with van der Waals surface area (Å²) in [7, 11) is 0. The number of hydrogen-bond acceptors (Lipinski definition) is 3. The predicted molar refractivity (Wildman–Crippen MR) is 38.7 cm³/mol. The first kappa shape index (κ1) is 6.76. The summed E-state index contributed by atoms with van der Waals surface area (Å²) in [6.07, 6.45) is 2.55. The van der Waals surface area contributed by atoms with E-state index in [1.807, 2.05) is 13.0 Å².